The molecule has 2 aromatic rings. The van der Waals surface area contributed by atoms with Crippen molar-refractivity contribution in [3.63, 3.8) is 0 Å². The first-order chi connectivity index (χ1) is 20.6. The summed E-state index contributed by atoms with van der Waals surface area (Å²) >= 11 is 0. The van der Waals surface area contributed by atoms with Crippen molar-refractivity contribution in [2.75, 3.05) is 44.2 Å². The van der Waals surface area contributed by atoms with Gasteiger partial charge in [-0.15, -0.1) is 0 Å². The van der Waals surface area contributed by atoms with Crippen LogP contribution in [0.5, 0.6) is 0 Å². The number of hydrogen-bond acceptors (Lipinski definition) is 6. The number of carbonyl (C=O) groups excluding carboxylic acids is 2. The molecule has 2 aliphatic rings. The zero-order valence-electron chi connectivity index (χ0n) is 27.0. The molecule has 2 aromatic carbocycles. The highest BCUT2D eigenvalue weighted by Crippen LogP contribution is 2.42. The Labute approximate surface area is 260 Å². The summed E-state index contributed by atoms with van der Waals surface area (Å²) in [7, 11) is 0. The number of alkyl carbamates (subject to hydrolysis) is 1. The van der Waals surface area contributed by atoms with Crippen LogP contribution < -0.4 is 25.5 Å². The van der Waals surface area contributed by atoms with Crippen LogP contribution >= 0.6 is 0 Å². The van der Waals surface area contributed by atoms with Gasteiger partial charge in [-0.05, 0) is 78.3 Å². The van der Waals surface area contributed by atoms with Crippen LogP contribution in [0.4, 0.5) is 10.5 Å². The number of fused-ring (bicyclic) bond motifs is 2. The van der Waals surface area contributed by atoms with Crippen molar-refractivity contribution in [2.24, 2.45) is 0 Å². The van der Waals surface area contributed by atoms with Crippen LogP contribution in [0.1, 0.15) is 58.8 Å². The molecular formula is C35H46N4O5. The third kappa shape index (κ3) is 7.77. The Balaban J connectivity index is 0.00000529. The number of anilines is 1. The number of carbonyl (C=O) groups is 2. The van der Waals surface area contributed by atoms with E-state index in [0.29, 0.717) is 5.56 Å². The van der Waals surface area contributed by atoms with Crippen LogP contribution in [0.25, 0.3) is 33.4 Å². The quantitative estimate of drug-likeness (QED) is 0.132. The minimum absolute atomic E-state index is 0. The summed E-state index contributed by atoms with van der Waals surface area (Å²) in [6.45, 7) is 18.1. The lowest BCUT2D eigenvalue weighted by molar-refractivity contribution is 0.0526. The Morgan fingerprint density at radius 2 is 1.55 bits per heavy atom. The topological polar surface area (TPSA) is 117 Å². The zero-order chi connectivity index (χ0) is 31.1. The predicted molar refractivity (Wildman–Crippen MR) is 177 cm³/mol. The molecule has 0 fully saturated rings. The average Bonchev–Trinajstić information content (AvgIpc) is 2.98. The maximum atomic E-state index is 13.5. The molecule has 0 unspecified atom stereocenters. The van der Waals surface area contributed by atoms with E-state index in [1.165, 1.54) is 0 Å². The van der Waals surface area contributed by atoms with E-state index >= 15 is 0 Å². The van der Waals surface area contributed by atoms with Gasteiger partial charge in [0, 0.05) is 66.1 Å². The molecule has 9 nitrogen and oxygen atoms in total. The molecule has 9 heteroatoms. The number of hydrogen-bond donors (Lipinski definition) is 2. The molecule has 0 radical (unpaired) electrons. The second kappa shape index (κ2) is 14.9. The second-order valence-corrected chi connectivity index (χ2v) is 11.4. The van der Waals surface area contributed by atoms with Crippen LogP contribution in [0.15, 0.2) is 65.1 Å². The zero-order valence-corrected chi connectivity index (χ0v) is 27.0. The molecule has 44 heavy (non-hydrogen) atoms. The number of rotatable bonds is 10. The number of nitrogens with one attached hydrogen (secondary N) is 2. The number of amides is 2. The number of nitrogens with zero attached hydrogens (tertiary/aromatic N) is 2. The van der Waals surface area contributed by atoms with Gasteiger partial charge < -0.3 is 30.2 Å². The highest BCUT2D eigenvalue weighted by Gasteiger charge is 2.23. The standard InChI is InChI=1S/C35H44N4O4.H2O/c1-8-38(9-2)24-16-18-28-30(22-24)42-31-23-25(39(10-3)11-4)17-19-29(31)32(28)26-14-12-13-15-27(26)33(40)36-20-21-37-34(41)43-35(5,6)7;/h12-19,22-23H,8-11,20-21H2,1-7H3,(H-,36,37,40,41);1H2. The fourth-order valence-electron chi connectivity index (χ4n) is 5.38. The fourth-order valence-corrected chi connectivity index (χ4v) is 5.38. The summed E-state index contributed by atoms with van der Waals surface area (Å²) in [5.74, 6) is 0.545. The molecule has 0 bridgehead atoms. The van der Waals surface area contributed by atoms with E-state index in [-0.39, 0.29) is 24.5 Å². The molecular weight excluding hydrogens is 556 g/mol. The van der Waals surface area contributed by atoms with E-state index in [1.54, 1.807) is 0 Å². The van der Waals surface area contributed by atoms with Crippen molar-refractivity contribution in [1.29, 1.82) is 0 Å². The van der Waals surface area contributed by atoms with Crippen molar-refractivity contribution < 1.29 is 24.2 Å². The van der Waals surface area contributed by atoms with Gasteiger partial charge in [-0.2, -0.15) is 0 Å². The van der Waals surface area contributed by atoms with Crippen molar-refractivity contribution in [3.8, 4) is 22.5 Å². The van der Waals surface area contributed by atoms with Crippen LogP contribution in [-0.2, 0) is 4.74 Å². The molecule has 2 amide bonds. The first-order valence-corrected chi connectivity index (χ1v) is 15.3. The molecule has 0 aromatic heterocycles. The van der Waals surface area contributed by atoms with Gasteiger partial charge in [0.25, 0.3) is 5.91 Å². The van der Waals surface area contributed by atoms with E-state index < -0.39 is 11.7 Å². The van der Waals surface area contributed by atoms with E-state index in [0.717, 1.165) is 70.6 Å². The molecule has 0 spiro atoms. The maximum Gasteiger partial charge on any atom is 0.407 e. The SMILES string of the molecule is CCN(CC)c1ccc2c(-c3ccccc3C(=O)NCCNC(=O)OC(C)(C)C)c3ccc(=[N+](CC)CC)cc-3oc2c1.[OH-]. The molecule has 0 saturated carbocycles. The van der Waals surface area contributed by atoms with Crippen molar-refractivity contribution >= 4 is 28.7 Å². The van der Waals surface area contributed by atoms with E-state index in [2.05, 4.69) is 84.2 Å². The number of benzene rings is 3. The van der Waals surface area contributed by atoms with Crippen molar-refractivity contribution in [2.45, 2.75) is 54.1 Å². The summed E-state index contributed by atoms with van der Waals surface area (Å²) in [6, 6.07) is 20.3. The molecule has 1 heterocycles. The molecule has 4 rings (SSSR count). The molecule has 0 saturated heterocycles. The number of ether oxygens (including phenoxy) is 1. The lowest BCUT2D eigenvalue weighted by Crippen LogP contribution is -2.38. The van der Waals surface area contributed by atoms with Gasteiger partial charge in [-0.1, -0.05) is 18.2 Å². The van der Waals surface area contributed by atoms with Crippen molar-refractivity contribution in [1.82, 2.24) is 15.2 Å². The first kappa shape index (κ1) is 34.1. The summed E-state index contributed by atoms with van der Waals surface area (Å²) in [5, 5.41) is 7.68. The van der Waals surface area contributed by atoms with E-state index in [4.69, 9.17) is 9.15 Å². The van der Waals surface area contributed by atoms with Crippen molar-refractivity contribution in [3.05, 3.63) is 71.6 Å². The Bertz CT molecular complexity index is 1630. The molecule has 3 N–H and O–H groups in total. The van der Waals surface area contributed by atoms with Gasteiger partial charge in [0.05, 0.1) is 6.07 Å². The first-order valence-electron chi connectivity index (χ1n) is 15.3. The fraction of sp³-hybridized carbons (Fsp3) is 0.400. The third-order valence-corrected chi connectivity index (χ3v) is 7.47. The van der Waals surface area contributed by atoms with Crippen LogP contribution in [0, 0.1) is 0 Å². The summed E-state index contributed by atoms with van der Waals surface area (Å²) in [4.78, 5) is 27.8. The maximum absolute atomic E-state index is 13.5. The normalized spacial score (nSPS) is 11.2. The monoisotopic (exact) mass is 602 g/mol. The predicted octanol–water partition coefficient (Wildman–Crippen LogP) is 5.94. The summed E-state index contributed by atoms with van der Waals surface area (Å²) < 4.78 is 14.2. The smallest absolute Gasteiger partial charge is 0.407 e. The summed E-state index contributed by atoms with van der Waals surface area (Å²) in [6.07, 6.45) is -0.513. The van der Waals surface area contributed by atoms with Gasteiger partial charge in [-0.25, -0.2) is 9.37 Å². The molecule has 236 valence electrons. The van der Waals surface area contributed by atoms with Crippen LogP contribution in [-0.4, -0.2) is 62.3 Å². The largest absolute Gasteiger partial charge is 0.870 e. The lowest BCUT2D eigenvalue weighted by atomic mass is 9.90. The highest BCUT2D eigenvalue weighted by atomic mass is 16.6. The van der Waals surface area contributed by atoms with Gasteiger partial charge in [0.15, 0.2) is 0 Å². The Morgan fingerprint density at radius 1 is 0.864 bits per heavy atom. The summed E-state index contributed by atoms with van der Waals surface area (Å²) in [5.41, 5.74) is 4.52. The minimum Gasteiger partial charge on any atom is -0.870 e. The molecule has 0 atom stereocenters. The van der Waals surface area contributed by atoms with Crippen LogP contribution in [0.3, 0.4) is 0 Å². The van der Waals surface area contributed by atoms with E-state index in [9.17, 15) is 9.59 Å². The average molecular weight is 603 g/mol. The second-order valence-electron chi connectivity index (χ2n) is 11.4. The molecule has 1 aliphatic carbocycles. The van der Waals surface area contributed by atoms with Gasteiger partial charge in [-0.3, -0.25) is 4.79 Å². The Morgan fingerprint density at radius 3 is 2.20 bits per heavy atom. The third-order valence-electron chi connectivity index (χ3n) is 7.47. The highest BCUT2D eigenvalue weighted by molar-refractivity contribution is 6.09. The van der Waals surface area contributed by atoms with E-state index in [1.807, 2.05) is 45.0 Å². The van der Waals surface area contributed by atoms with Crippen LogP contribution in [0.2, 0.25) is 0 Å². The van der Waals surface area contributed by atoms with Gasteiger partial charge >= 0.3 is 6.09 Å². The molecule has 1 aliphatic heterocycles. The Kier molecular flexibility index (Phi) is 11.5. The minimum atomic E-state index is -0.585. The lowest BCUT2D eigenvalue weighted by Gasteiger charge is -2.22. The Hall–Kier alpha value is -4.37. The van der Waals surface area contributed by atoms with Gasteiger partial charge in [0.1, 0.15) is 30.0 Å². The van der Waals surface area contributed by atoms with Gasteiger partial charge in [0.2, 0.25) is 5.36 Å².